The van der Waals surface area contributed by atoms with E-state index in [-0.39, 0.29) is 11.8 Å². The number of nitrogens with zero attached hydrogens (tertiary/aromatic N) is 1. The number of hydrogen-bond donors (Lipinski definition) is 2. The van der Waals surface area contributed by atoms with Gasteiger partial charge in [-0.1, -0.05) is 0 Å². The number of carboxylic acid groups (broad SMARTS) is 1. The highest BCUT2D eigenvalue weighted by Gasteiger charge is 2.39. The van der Waals surface area contributed by atoms with Gasteiger partial charge in [0, 0.05) is 19.6 Å². The predicted molar refractivity (Wildman–Crippen MR) is 99.4 cm³/mol. The first-order valence-electron chi connectivity index (χ1n) is 10.2. The van der Waals surface area contributed by atoms with Crippen LogP contribution in [0.2, 0.25) is 0 Å². The van der Waals surface area contributed by atoms with E-state index >= 15 is 0 Å². The quantitative estimate of drug-likeness (QED) is 0.743. The Kier molecular flexibility index (Phi) is 7.41. The lowest BCUT2D eigenvalue weighted by molar-refractivity contribution is -0.192. The molecule has 10 heteroatoms. The maximum Gasteiger partial charge on any atom is 0.490 e. The lowest BCUT2D eigenvalue weighted by atomic mass is 9.83. The van der Waals surface area contributed by atoms with Crippen LogP contribution in [-0.2, 0) is 20.9 Å². The highest BCUT2D eigenvalue weighted by atomic mass is 19.4. The van der Waals surface area contributed by atoms with Gasteiger partial charge in [-0.15, -0.1) is 0 Å². The van der Waals surface area contributed by atoms with E-state index in [9.17, 15) is 18.0 Å². The second-order valence-electron chi connectivity index (χ2n) is 8.16. The molecule has 0 bridgehead atoms. The lowest BCUT2D eigenvalue weighted by Crippen LogP contribution is -2.50. The molecule has 0 radical (unpaired) electrons. The van der Waals surface area contributed by atoms with Gasteiger partial charge in [-0.3, -0.25) is 4.79 Å². The van der Waals surface area contributed by atoms with Gasteiger partial charge in [0.2, 0.25) is 5.91 Å². The first-order valence-corrected chi connectivity index (χ1v) is 10.2. The number of nitrogens with one attached hydrogen (secondary N) is 1. The molecule has 2 aliphatic heterocycles. The van der Waals surface area contributed by atoms with Gasteiger partial charge in [0.05, 0.1) is 31.4 Å². The van der Waals surface area contributed by atoms with Crippen molar-refractivity contribution in [1.29, 1.82) is 0 Å². The monoisotopic (exact) mass is 432 g/mol. The fourth-order valence-corrected chi connectivity index (χ4v) is 3.95. The molecular formula is C20H27F3N2O5. The number of likely N-dealkylation sites (tertiary alicyclic amines) is 1. The van der Waals surface area contributed by atoms with Crippen LogP contribution in [0.3, 0.4) is 0 Å². The van der Waals surface area contributed by atoms with Crippen molar-refractivity contribution < 1.29 is 37.0 Å². The number of halogens is 3. The van der Waals surface area contributed by atoms with Crippen molar-refractivity contribution in [2.24, 2.45) is 17.8 Å². The number of carboxylic acids is 1. The van der Waals surface area contributed by atoms with Crippen molar-refractivity contribution in [3.05, 3.63) is 24.2 Å². The Bertz CT molecular complexity index is 706. The van der Waals surface area contributed by atoms with Crippen molar-refractivity contribution in [2.75, 3.05) is 26.2 Å². The van der Waals surface area contributed by atoms with E-state index < -0.39 is 12.1 Å². The van der Waals surface area contributed by atoms with E-state index in [0.29, 0.717) is 25.2 Å². The summed E-state index contributed by atoms with van der Waals surface area (Å²) in [6, 6.07) is 3.72. The predicted octanol–water partition coefficient (Wildman–Crippen LogP) is 2.67. The minimum absolute atomic E-state index is 0.0212. The minimum Gasteiger partial charge on any atom is -0.475 e. The van der Waals surface area contributed by atoms with Crippen LogP contribution in [-0.4, -0.2) is 60.4 Å². The fraction of sp³-hybridized carbons (Fsp3) is 0.700. The molecule has 0 aromatic carbocycles. The molecule has 1 saturated carbocycles. The molecule has 3 atom stereocenters. The van der Waals surface area contributed by atoms with Crippen LogP contribution in [0.25, 0.3) is 0 Å². The summed E-state index contributed by atoms with van der Waals surface area (Å²) in [6.45, 7) is 4.53. The summed E-state index contributed by atoms with van der Waals surface area (Å²) in [4.78, 5) is 23.9. The third-order valence-electron chi connectivity index (χ3n) is 5.69. The summed E-state index contributed by atoms with van der Waals surface area (Å²) in [6.07, 6.45) is 1.79. The molecule has 2 saturated heterocycles. The molecular weight excluding hydrogens is 405 g/mol. The summed E-state index contributed by atoms with van der Waals surface area (Å²) in [5.41, 5.74) is 0. The largest absolute Gasteiger partial charge is 0.490 e. The second-order valence-corrected chi connectivity index (χ2v) is 8.16. The number of carbonyl (C=O) groups excluding carboxylic acids is 1. The number of piperidine rings is 1. The second kappa shape index (κ2) is 9.82. The third kappa shape index (κ3) is 6.73. The minimum atomic E-state index is -5.08. The molecule has 3 fully saturated rings. The zero-order chi connectivity index (χ0) is 21.7. The average Bonchev–Trinajstić information content (AvgIpc) is 3.36. The van der Waals surface area contributed by atoms with E-state index in [1.54, 1.807) is 6.26 Å². The summed E-state index contributed by atoms with van der Waals surface area (Å²) in [7, 11) is 0. The molecule has 7 nitrogen and oxygen atoms in total. The first-order chi connectivity index (χ1) is 14.2. The van der Waals surface area contributed by atoms with Crippen molar-refractivity contribution in [1.82, 2.24) is 10.2 Å². The van der Waals surface area contributed by atoms with Gasteiger partial charge in [0.15, 0.2) is 0 Å². The zero-order valence-corrected chi connectivity index (χ0v) is 16.6. The SMILES string of the molecule is O=C(NCc1ccco1)[C@H]1CO[C@H]2CCN(CC3CC3)C[C@H]2C1.O=C(O)C(F)(F)F. The molecule has 0 unspecified atom stereocenters. The highest BCUT2D eigenvalue weighted by molar-refractivity contribution is 5.78. The first kappa shape index (κ1) is 22.6. The number of amides is 1. The lowest BCUT2D eigenvalue weighted by Gasteiger charge is -2.43. The number of furan rings is 1. The number of hydrogen-bond acceptors (Lipinski definition) is 5. The Morgan fingerprint density at radius 1 is 1.27 bits per heavy atom. The molecule has 1 aromatic rings. The Labute approximate surface area is 172 Å². The number of rotatable bonds is 5. The third-order valence-corrected chi connectivity index (χ3v) is 5.69. The summed E-state index contributed by atoms with van der Waals surface area (Å²) in [5, 5.41) is 10.1. The Morgan fingerprint density at radius 3 is 2.60 bits per heavy atom. The summed E-state index contributed by atoms with van der Waals surface area (Å²) >= 11 is 0. The van der Waals surface area contributed by atoms with Crippen molar-refractivity contribution in [3.8, 4) is 0 Å². The van der Waals surface area contributed by atoms with Crippen molar-refractivity contribution >= 4 is 11.9 Å². The van der Waals surface area contributed by atoms with Gasteiger partial charge in [-0.2, -0.15) is 13.2 Å². The number of aliphatic carboxylic acids is 1. The molecule has 1 aromatic heterocycles. The molecule has 30 heavy (non-hydrogen) atoms. The Hall–Kier alpha value is -2.07. The van der Waals surface area contributed by atoms with E-state index in [1.165, 1.54) is 19.4 Å². The van der Waals surface area contributed by atoms with E-state index in [4.69, 9.17) is 19.1 Å². The number of fused-ring (bicyclic) bond motifs is 1. The van der Waals surface area contributed by atoms with Crippen LogP contribution in [0.15, 0.2) is 22.8 Å². The van der Waals surface area contributed by atoms with Crippen LogP contribution in [0.1, 0.15) is 31.4 Å². The molecule has 1 amide bonds. The Balaban J connectivity index is 0.000000318. The van der Waals surface area contributed by atoms with Crippen LogP contribution >= 0.6 is 0 Å². The molecule has 0 spiro atoms. The smallest absolute Gasteiger partial charge is 0.475 e. The van der Waals surface area contributed by atoms with Gasteiger partial charge in [0.1, 0.15) is 5.76 Å². The van der Waals surface area contributed by atoms with Gasteiger partial charge < -0.3 is 24.5 Å². The average molecular weight is 432 g/mol. The number of alkyl halides is 3. The van der Waals surface area contributed by atoms with Crippen molar-refractivity contribution in [2.45, 2.75) is 44.5 Å². The number of carbonyl (C=O) groups is 2. The molecule has 3 heterocycles. The summed E-state index contributed by atoms with van der Waals surface area (Å²) in [5.74, 6) is -0.445. The maximum atomic E-state index is 12.4. The zero-order valence-electron chi connectivity index (χ0n) is 16.6. The van der Waals surface area contributed by atoms with E-state index in [0.717, 1.165) is 37.6 Å². The topological polar surface area (TPSA) is 92.0 Å². The van der Waals surface area contributed by atoms with Crippen LogP contribution in [0.4, 0.5) is 13.2 Å². The van der Waals surface area contributed by atoms with E-state index in [1.807, 2.05) is 12.1 Å². The van der Waals surface area contributed by atoms with Gasteiger partial charge >= 0.3 is 12.1 Å². The Morgan fingerprint density at radius 2 is 2.00 bits per heavy atom. The van der Waals surface area contributed by atoms with Crippen molar-refractivity contribution in [3.63, 3.8) is 0 Å². The normalized spacial score (nSPS) is 26.8. The fourth-order valence-electron chi connectivity index (χ4n) is 3.95. The highest BCUT2D eigenvalue weighted by Crippen LogP contribution is 2.35. The van der Waals surface area contributed by atoms with Gasteiger partial charge in [-0.25, -0.2) is 4.79 Å². The summed E-state index contributed by atoms with van der Waals surface area (Å²) < 4.78 is 43.0. The van der Waals surface area contributed by atoms with E-state index in [2.05, 4.69) is 10.2 Å². The number of ether oxygens (including phenoxy) is 1. The molecule has 3 aliphatic rings. The standard InChI is InChI=1S/C18H26N2O3.C2HF3O2/c21-18(19-9-16-2-1-7-22-16)15-8-14-11-20(10-13-3-4-13)6-5-17(14)23-12-15;3-2(4,5)1(6)7/h1-2,7,13-15,17H,3-6,8-12H2,(H,19,21);(H,6,7)/t14-,15-,17+;/m1./s1. The van der Waals surface area contributed by atoms with Gasteiger partial charge in [0.25, 0.3) is 0 Å². The molecule has 2 N–H and O–H groups in total. The van der Waals surface area contributed by atoms with Crippen LogP contribution in [0, 0.1) is 17.8 Å². The molecule has 1 aliphatic carbocycles. The van der Waals surface area contributed by atoms with Crippen LogP contribution < -0.4 is 5.32 Å². The molecule has 4 rings (SSSR count). The molecule has 168 valence electrons. The maximum absolute atomic E-state index is 12.4. The van der Waals surface area contributed by atoms with Crippen LogP contribution in [0.5, 0.6) is 0 Å². The van der Waals surface area contributed by atoms with Gasteiger partial charge in [-0.05, 0) is 49.7 Å².